The minimum atomic E-state index is -0.0254. The zero-order chi connectivity index (χ0) is 16.8. The number of hydrogen-bond acceptors (Lipinski definition) is 6. The molecule has 7 heteroatoms. The summed E-state index contributed by atoms with van der Waals surface area (Å²) >= 11 is 2.95. The van der Waals surface area contributed by atoms with Crippen molar-refractivity contribution in [2.45, 2.75) is 49.4 Å². The van der Waals surface area contributed by atoms with E-state index in [1.54, 1.807) is 0 Å². The van der Waals surface area contributed by atoms with Gasteiger partial charge in [-0.2, -0.15) is 0 Å². The third-order valence-electron chi connectivity index (χ3n) is 3.97. The molecular weight excluding hydrogens is 340 g/mol. The molecule has 2 N–H and O–H groups in total. The Morgan fingerprint density at radius 2 is 2.12 bits per heavy atom. The standard InChI is InChI=1S/C17H22N4OS2/c1-12-6-5-9-14(10-12)18-15(22)11-23-17-21-20-16(24-17)19-13-7-3-2-4-8-13/h5-6,9-10,13H,2-4,7-8,11H2,1H3,(H,18,22)(H,19,20). The van der Waals surface area contributed by atoms with E-state index in [-0.39, 0.29) is 5.91 Å². The lowest BCUT2D eigenvalue weighted by Crippen LogP contribution is -2.21. The summed E-state index contributed by atoms with van der Waals surface area (Å²) in [6, 6.07) is 8.32. The number of anilines is 2. The quantitative estimate of drug-likeness (QED) is 0.749. The minimum Gasteiger partial charge on any atom is -0.357 e. The number of nitrogens with one attached hydrogen (secondary N) is 2. The average molecular weight is 363 g/mol. The van der Waals surface area contributed by atoms with Gasteiger partial charge in [0.1, 0.15) is 0 Å². The molecule has 0 unspecified atom stereocenters. The number of carbonyl (C=O) groups is 1. The lowest BCUT2D eigenvalue weighted by atomic mass is 9.96. The second kappa shape index (κ2) is 8.48. The second-order valence-corrected chi connectivity index (χ2v) is 8.26. The third-order valence-corrected chi connectivity index (χ3v) is 5.96. The molecule has 1 heterocycles. The molecule has 24 heavy (non-hydrogen) atoms. The van der Waals surface area contributed by atoms with Crippen molar-refractivity contribution in [3.8, 4) is 0 Å². The summed E-state index contributed by atoms with van der Waals surface area (Å²) in [6.45, 7) is 2.01. The summed E-state index contributed by atoms with van der Waals surface area (Å²) in [5.41, 5.74) is 1.96. The summed E-state index contributed by atoms with van der Waals surface area (Å²) < 4.78 is 0.827. The van der Waals surface area contributed by atoms with Crippen LogP contribution in [0.4, 0.5) is 10.8 Å². The summed E-state index contributed by atoms with van der Waals surface area (Å²) in [6.07, 6.45) is 6.34. The Balaban J connectivity index is 1.45. The molecule has 0 bridgehead atoms. The number of hydrogen-bond donors (Lipinski definition) is 2. The van der Waals surface area contributed by atoms with Gasteiger partial charge in [-0.3, -0.25) is 4.79 Å². The SMILES string of the molecule is Cc1cccc(NC(=O)CSc2nnc(NC3CCCCC3)s2)c1. The molecule has 1 amide bonds. The van der Waals surface area contributed by atoms with Crippen molar-refractivity contribution in [1.82, 2.24) is 10.2 Å². The van der Waals surface area contributed by atoms with Crippen molar-refractivity contribution < 1.29 is 4.79 Å². The topological polar surface area (TPSA) is 66.9 Å². The molecule has 1 aliphatic rings. The average Bonchev–Trinajstić information content (AvgIpc) is 3.01. The first-order valence-corrected chi connectivity index (χ1v) is 10.1. The van der Waals surface area contributed by atoms with Crippen LogP contribution in [0.2, 0.25) is 0 Å². The number of benzene rings is 1. The fourth-order valence-corrected chi connectivity index (χ4v) is 4.42. The van der Waals surface area contributed by atoms with Crippen molar-refractivity contribution in [2.24, 2.45) is 0 Å². The van der Waals surface area contributed by atoms with Gasteiger partial charge in [0.05, 0.1) is 5.75 Å². The van der Waals surface area contributed by atoms with E-state index in [0.717, 1.165) is 20.7 Å². The maximum atomic E-state index is 12.0. The molecule has 2 aromatic rings. The Morgan fingerprint density at radius 3 is 2.92 bits per heavy atom. The van der Waals surface area contributed by atoms with Crippen molar-refractivity contribution in [2.75, 3.05) is 16.4 Å². The minimum absolute atomic E-state index is 0.0254. The smallest absolute Gasteiger partial charge is 0.234 e. The molecule has 0 atom stereocenters. The molecule has 0 saturated heterocycles. The van der Waals surface area contributed by atoms with Crippen LogP contribution in [0.5, 0.6) is 0 Å². The fraction of sp³-hybridized carbons (Fsp3) is 0.471. The number of nitrogens with zero attached hydrogens (tertiary/aromatic N) is 2. The lowest BCUT2D eigenvalue weighted by Gasteiger charge is -2.21. The molecule has 1 aromatic heterocycles. The Labute approximate surface area is 150 Å². The van der Waals surface area contributed by atoms with E-state index < -0.39 is 0 Å². The van der Waals surface area contributed by atoms with Crippen LogP contribution >= 0.6 is 23.1 Å². The number of rotatable bonds is 6. The van der Waals surface area contributed by atoms with Gasteiger partial charge < -0.3 is 10.6 Å². The van der Waals surface area contributed by atoms with Gasteiger partial charge in [-0.1, -0.05) is 54.5 Å². The van der Waals surface area contributed by atoms with E-state index in [9.17, 15) is 4.79 Å². The molecule has 1 saturated carbocycles. The predicted molar refractivity (Wildman–Crippen MR) is 101 cm³/mol. The van der Waals surface area contributed by atoms with E-state index in [1.165, 1.54) is 55.2 Å². The van der Waals surface area contributed by atoms with Gasteiger partial charge in [-0.15, -0.1) is 10.2 Å². The second-order valence-electron chi connectivity index (χ2n) is 6.06. The molecule has 3 rings (SSSR count). The number of aromatic nitrogens is 2. The zero-order valence-corrected chi connectivity index (χ0v) is 15.4. The lowest BCUT2D eigenvalue weighted by molar-refractivity contribution is -0.113. The van der Waals surface area contributed by atoms with Crippen molar-refractivity contribution in [3.63, 3.8) is 0 Å². The van der Waals surface area contributed by atoms with Gasteiger partial charge in [-0.25, -0.2) is 0 Å². The van der Waals surface area contributed by atoms with Crippen molar-refractivity contribution in [1.29, 1.82) is 0 Å². The molecular formula is C17H22N4OS2. The third kappa shape index (κ3) is 5.21. The first kappa shape index (κ1) is 17.2. The molecule has 5 nitrogen and oxygen atoms in total. The van der Waals surface area contributed by atoms with Crippen LogP contribution in [-0.2, 0) is 4.79 Å². The Hall–Kier alpha value is -1.60. The zero-order valence-electron chi connectivity index (χ0n) is 13.7. The number of thioether (sulfide) groups is 1. The molecule has 0 spiro atoms. The van der Waals surface area contributed by atoms with E-state index >= 15 is 0 Å². The van der Waals surface area contributed by atoms with Gasteiger partial charge in [0.2, 0.25) is 11.0 Å². The summed E-state index contributed by atoms with van der Waals surface area (Å²) in [5.74, 6) is 0.314. The number of amides is 1. The van der Waals surface area contributed by atoms with Crippen LogP contribution in [0, 0.1) is 6.92 Å². The van der Waals surface area contributed by atoms with Crippen LogP contribution < -0.4 is 10.6 Å². The van der Waals surface area contributed by atoms with Crippen LogP contribution in [-0.4, -0.2) is 27.9 Å². The summed E-state index contributed by atoms with van der Waals surface area (Å²) in [5, 5.41) is 15.6. The largest absolute Gasteiger partial charge is 0.357 e. The van der Waals surface area contributed by atoms with Gasteiger partial charge >= 0.3 is 0 Å². The van der Waals surface area contributed by atoms with Crippen LogP contribution in [0.25, 0.3) is 0 Å². The fourth-order valence-electron chi connectivity index (χ4n) is 2.80. The highest BCUT2D eigenvalue weighted by molar-refractivity contribution is 8.01. The van der Waals surface area contributed by atoms with E-state index in [1.807, 2.05) is 31.2 Å². The molecule has 1 fully saturated rings. The van der Waals surface area contributed by atoms with Gasteiger partial charge in [0, 0.05) is 11.7 Å². The van der Waals surface area contributed by atoms with Crippen molar-refractivity contribution >= 4 is 39.8 Å². The molecule has 1 aromatic carbocycles. The van der Waals surface area contributed by atoms with E-state index in [2.05, 4.69) is 20.8 Å². The van der Waals surface area contributed by atoms with Crippen molar-refractivity contribution in [3.05, 3.63) is 29.8 Å². The molecule has 0 radical (unpaired) electrons. The monoisotopic (exact) mass is 362 g/mol. The molecule has 128 valence electrons. The van der Waals surface area contributed by atoms with E-state index in [4.69, 9.17) is 0 Å². The Kier molecular flexibility index (Phi) is 6.09. The Bertz CT molecular complexity index is 683. The van der Waals surface area contributed by atoms with Crippen LogP contribution in [0.1, 0.15) is 37.7 Å². The van der Waals surface area contributed by atoms with Gasteiger partial charge in [0.15, 0.2) is 4.34 Å². The van der Waals surface area contributed by atoms with Gasteiger partial charge in [0.25, 0.3) is 0 Å². The van der Waals surface area contributed by atoms with E-state index in [0.29, 0.717) is 11.8 Å². The van der Waals surface area contributed by atoms with Gasteiger partial charge in [-0.05, 0) is 37.5 Å². The van der Waals surface area contributed by atoms with Crippen LogP contribution in [0.3, 0.4) is 0 Å². The van der Waals surface area contributed by atoms with Crippen LogP contribution in [0.15, 0.2) is 28.6 Å². The molecule has 0 aliphatic heterocycles. The highest BCUT2D eigenvalue weighted by atomic mass is 32.2. The Morgan fingerprint density at radius 1 is 1.29 bits per heavy atom. The normalized spacial score (nSPS) is 15.2. The summed E-state index contributed by atoms with van der Waals surface area (Å²) in [4.78, 5) is 12.0. The first-order valence-electron chi connectivity index (χ1n) is 8.28. The number of aryl methyl sites for hydroxylation is 1. The maximum Gasteiger partial charge on any atom is 0.234 e. The highest BCUT2D eigenvalue weighted by Crippen LogP contribution is 2.28. The highest BCUT2D eigenvalue weighted by Gasteiger charge is 2.15. The maximum absolute atomic E-state index is 12.0. The first-order chi connectivity index (χ1) is 11.7. The summed E-state index contributed by atoms with van der Waals surface area (Å²) in [7, 11) is 0. The number of carbonyl (C=O) groups excluding carboxylic acids is 1. The predicted octanol–water partition coefficient (Wildman–Crippen LogP) is 4.32. The molecule has 1 aliphatic carbocycles.